The molecule has 0 radical (unpaired) electrons. The van der Waals surface area contributed by atoms with E-state index < -0.39 is 0 Å². The quantitative estimate of drug-likeness (QED) is 0.810. The molecule has 0 amide bonds. The van der Waals surface area contributed by atoms with Gasteiger partial charge < -0.3 is 10.2 Å². The normalized spacial score (nSPS) is 30.4. The van der Waals surface area contributed by atoms with Crippen molar-refractivity contribution in [1.82, 2.24) is 10.2 Å². The Labute approximate surface area is 107 Å². The van der Waals surface area contributed by atoms with Crippen LogP contribution in [0.1, 0.15) is 58.8 Å². The van der Waals surface area contributed by atoms with Gasteiger partial charge in [0.05, 0.1) is 0 Å². The van der Waals surface area contributed by atoms with Crippen LogP contribution in [-0.4, -0.2) is 37.1 Å². The number of nitrogens with one attached hydrogen (secondary N) is 1. The Morgan fingerprint density at radius 3 is 2.59 bits per heavy atom. The van der Waals surface area contributed by atoms with E-state index in [1.165, 1.54) is 71.1 Å². The zero-order valence-corrected chi connectivity index (χ0v) is 11.8. The lowest BCUT2D eigenvalue weighted by atomic mass is 9.83. The zero-order chi connectivity index (χ0) is 12.1. The molecule has 1 atom stereocenters. The van der Waals surface area contributed by atoms with Gasteiger partial charge in [0.1, 0.15) is 0 Å². The number of rotatable bonds is 4. The molecular weight excluding hydrogens is 208 g/mol. The highest BCUT2D eigenvalue weighted by Gasteiger charge is 2.34. The molecular formula is C15H30N2. The molecule has 0 aromatic heterocycles. The first kappa shape index (κ1) is 13.4. The first-order chi connectivity index (χ1) is 8.28. The van der Waals surface area contributed by atoms with Crippen LogP contribution in [0.2, 0.25) is 0 Å². The van der Waals surface area contributed by atoms with Crippen molar-refractivity contribution in [3.8, 4) is 0 Å². The van der Waals surface area contributed by atoms with Gasteiger partial charge in [-0.2, -0.15) is 0 Å². The maximum atomic E-state index is 3.68. The van der Waals surface area contributed by atoms with Crippen LogP contribution in [-0.2, 0) is 0 Å². The molecule has 2 nitrogen and oxygen atoms in total. The van der Waals surface area contributed by atoms with Crippen molar-refractivity contribution in [2.24, 2.45) is 5.41 Å². The molecule has 2 rings (SSSR count). The van der Waals surface area contributed by atoms with Crippen LogP contribution in [0.5, 0.6) is 0 Å². The average Bonchev–Trinajstić information content (AvgIpc) is 2.70. The first-order valence-electron chi connectivity index (χ1n) is 7.74. The third-order valence-corrected chi connectivity index (χ3v) is 5.12. The van der Waals surface area contributed by atoms with E-state index in [0.29, 0.717) is 5.41 Å². The topological polar surface area (TPSA) is 15.3 Å². The molecule has 1 unspecified atom stereocenters. The molecule has 1 heterocycles. The monoisotopic (exact) mass is 238 g/mol. The van der Waals surface area contributed by atoms with Gasteiger partial charge in [0.25, 0.3) is 0 Å². The van der Waals surface area contributed by atoms with Crippen LogP contribution in [0, 0.1) is 5.41 Å². The van der Waals surface area contributed by atoms with E-state index in [4.69, 9.17) is 0 Å². The predicted octanol–water partition coefficient (Wildman–Crippen LogP) is 3.03. The van der Waals surface area contributed by atoms with Crippen molar-refractivity contribution >= 4 is 0 Å². The van der Waals surface area contributed by atoms with Gasteiger partial charge in [0.15, 0.2) is 0 Å². The summed E-state index contributed by atoms with van der Waals surface area (Å²) < 4.78 is 0. The molecule has 0 spiro atoms. The summed E-state index contributed by atoms with van der Waals surface area (Å²) in [7, 11) is 0. The highest BCUT2D eigenvalue weighted by Crippen LogP contribution is 2.41. The molecule has 2 aliphatic rings. The second kappa shape index (κ2) is 6.19. The Bertz CT molecular complexity index is 221. The Hall–Kier alpha value is -0.0800. The number of hydrogen-bond acceptors (Lipinski definition) is 2. The summed E-state index contributed by atoms with van der Waals surface area (Å²) in [5.74, 6) is 0. The molecule has 0 aromatic rings. The van der Waals surface area contributed by atoms with E-state index in [1.807, 2.05) is 0 Å². The van der Waals surface area contributed by atoms with Gasteiger partial charge in [-0.3, -0.25) is 0 Å². The lowest BCUT2D eigenvalue weighted by Crippen LogP contribution is -2.38. The van der Waals surface area contributed by atoms with Crippen LogP contribution >= 0.6 is 0 Å². The van der Waals surface area contributed by atoms with Gasteiger partial charge in [-0.25, -0.2) is 0 Å². The van der Waals surface area contributed by atoms with E-state index in [9.17, 15) is 0 Å². The molecule has 1 aliphatic carbocycles. The summed E-state index contributed by atoms with van der Waals surface area (Å²) in [4.78, 5) is 2.73. The van der Waals surface area contributed by atoms with E-state index in [0.717, 1.165) is 6.04 Å². The summed E-state index contributed by atoms with van der Waals surface area (Å²) in [5.41, 5.74) is 0.673. The van der Waals surface area contributed by atoms with Crippen molar-refractivity contribution in [3.05, 3.63) is 0 Å². The van der Waals surface area contributed by atoms with Crippen molar-refractivity contribution < 1.29 is 0 Å². The molecule has 1 saturated carbocycles. The van der Waals surface area contributed by atoms with Gasteiger partial charge in [0.2, 0.25) is 0 Å². The largest absolute Gasteiger partial charge is 0.313 e. The second-order valence-corrected chi connectivity index (χ2v) is 6.18. The van der Waals surface area contributed by atoms with Crippen LogP contribution in [0.15, 0.2) is 0 Å². The summed E-state index contributed by atoms with van der Waals surface area (Å²) in [6, 6.07) is 0.765. The highest BCUT2D eigenvalue weighted by atomic mass is 15.2. The lowest BCUT2D eigenvalue weighted by molar-refractivity contribution is 0.153. The maximum Gasteiger partial charge on any atom is 0.0107 e. The highest BCUT2D eigenvalue weighted by molar-refractivity contribution is 4.87. The summed E-state index contributed by atoms with van der Waals surface area (Å²) >= 11 is 0. The van der Waals surface area contributed by atoms with Crippen LogP contribution < -0.4 is 5.32 Å². The molecule has 2 heteroatoms. The molecule has 1 saturated heterocycles. The minimum Gasteiger partial charge on any atom is -0.313 e. The van der Waals surface area contributed by atoms with Crippen molar-refractivity contribution in [1.29, 1.82) is 0 Å². The molecule has 0 bridgehead atoms. The maximum absolute atomic E-state index is 3.68. The predicted molar refractivity (Wildman–Crippen MR) is 74.3 cm³/mol. The minimum absolute atomic E-state index is 0.673. The first-order valence-corrected chi connectivity index (χ1v) is 7.74. The van der Waals surface area contributed by atoms with E-state index in [2.05, 4.69) is 24.1 Å². The Kier molecular flexibility index (Phi) is 4.87. The third kappa shape index (κ3) is 3.45. The van der Waals surface area contributed by atoms with Gasteiger partial charge >= 0.3 is 0 Å². The summed E-state index contributed by atoms with van der Waals surface area (Å²) in [6.07, 6.45) is 9.90. The molecule has 100 valence electrons. The van der Waals surface area contributed by atoms with Crippen LogP contribution in [0.4, 0.5) is 0 Å². The van der Waals surface area contributed by atoms with E-state index >= 15 is 0 Å². The molecule has 1 N–H and O–H groups in total. The van der Waals surface area contributed by atoms with Crippen LogP contribution in [0.25, 0.3) is 0 Å². The van der Waals surface area contributed by atoms with Crippen molar-refractivity contribution in [3.63, 3.8) is 0 Å². The molecule has 0 aromatic carbocycles. The SMILES string of the molecule is CCC1CCN(CC2(CC)CCCC2)CCN1. The van der Waals surface area contributed by atoms with Gasteiger partial charge in [0, 0.05) is 25.7 Å². The fourth-order valence-corrected chi connectivity index (χ4v) is 3.71. The average molecular weight is 238 g/mol. The Morgan fingerprint density at radius 2 is 1.94 bits per heavy atom. The minimum atomic E-state index is 0.673. The van der Waals surface area contributed by atoms with Crippen molar-refractivity contribution in [2.45, 2.75) is 64.8 Å². The van der Waals surface area contributed by atoms with Crippen LogP contribution in [0.3, 0.4) is 0 Å². The zero-order valence-electron chi connectivity index (χ0n) is 11.8. The Balaban J connectivity index is 1.85. The summed E-state index contributed by atoms with van der Waals surface area (Å²) in [6.45, 7) is 9.83. The smallest absolute Gasteiger partial charge is 0.0107 e. The van der Waals surface area contributed by atoms with Crippen molar-refractivity contribution in [2.75, 3.05) is 26.2 Å². The fourth-order valence-electron chi connectivity index (χ4n) is 3.71. The number of hydrogen-bond donors (Lipinski definition) is 1. The van der Waals surface area contributed by atoms with Gasteiger partial charge in [-0.1, -0.05) is 26.7 Å². The summed E-state index contributed by atoms with van der Waals surface area (Å²) in [5, 5.41) is 3.68. The van der Waals surface area contributed by atoms with E-state index in [1.54, 1.807) is 0 Å². The Morgan fingerprint density at radius 1 is 1.18 bits per heavy atom. The standard InChI is InChI=1S/C15H30N2/c1-3-14-7-11-17(12-10-16-14)13-15(4-2)8-5-6-9-15/h14,16H,3-13H2,1-2H3. The lowest BCUT2D eigenvalue weighted by Gasteiger charge is -2.34. The third-order valence-electron chi connectivity index (χ3n) is 5.12. The molecule has 2 fully saturated rings. The van der Waals surface area contributed by atoms with Gasteiger partial charge in [-0.15, -0.1) is 0 Å². The fraction of sp³-hybridized carbons (Fsp3) is 1.00. The molecule has 1 aliphatic heterocycles. The second-order valence-electron chi connectivity index (χ2n) is 6.18. The molecule has 17 heavy (non-hydrogen) atoms. The van der Waals surface area contributed by atoms with E-state index in [-0.39, 0.29) is 0 Å². The number of nitrogens with zero attached hydrogens (tertiary/aromatic N) is 1. The van der Waals surface area contributed by atoms with Gasteiger partial charge in [-0.05, 0) is 44.1 Å².